The van der Waals surface area contributed by atoms with E-state index in [2.05, 4.69) is 15.2 Å². The second-order valence-corrected chi connectivity index (χ2v) is 8.84. The number of anilines is 1. The number of hydrogen-bond acceptors (Lipinski definition) is 7. The molecule has 0 aliphatic carbocycles. The van der Waals surface area contributed by atoms with Crippen molar-refractivity contribution in [1.29, 1.82) is 0 Å². The zero-order valence-electron chi connectivity index (χ0n) is 19.2. The van der Waals surface area contributed by atoms with Crippen molar-refractivity contribution in [1.82, 2.24) is 5.43 Å². The van der Waals surface area contributed by atoms with Gasteiger partial charge in [-0.3, -0.25) is 9.52 Å². The minimum atomic E-state index is -3.73. The normalized spacial score (nSPS) is 11.2. The molecule has 3 aromatic rings. The van der Waals surface area contributed by atoms with Gasteiger partial charge in [0, 0.05) is 16.8 Å². The van der Waals surface area contributed by atoms with E-state index in [0.29, 0.717) is 34.1 Å². The number of methoxy groups -OCH3 is 3. The number of nitrogens with one attached hydrogen (secondary N) is 2. The Balaban J connectivity index is 1.66. The molecule has 0 saturated heterocycles. The van der Waals surface area contributed by atoms with E-state index in [1.807, 2.05) is 6.92 Å². The molecule has 9 nitrogen and oxygen atoms in total. The van der Waals surface area contributed by atoms with Crippen LogP contribution in [0.5, 0.6) is 17.2 Å². The zero-order valence-corrected chi connectivity index (χ0v) is 20.0. The number of sulfonamides is 1. The summed E-state index contributed by atoms with van der Waals surface area (Å²) < 4.78 is 43.4. The lowest BCUT2D eigenvalue weighted by Gasteiger charge is -2.12. The van der Waals surface area contributed by atoms with Gasteiger partial charge in [-0.05, 0) is 55.5 Å². The Kier molecular flexibility index (Phi) is 7.75. The Bertz CT molecular complexity index is 1260. The van der Waals surface area contributed by atoms with Crippen molar-refractivity contribution >= 4 is 27.8 Å². The number of hydrogen-bond donors (Lipinski definition) is 2. The molecule has 0 heterocycles. The molecule has 0 saturated carbocycles. The number of carbonyl (C=O) groups is 1. The average Bonchev–Trinajstić information content (AvgIpc) is 2.83. The molecule has 0 aliphatic rings. The van der Waals surface area contributed by atoms with E-state index >= 15 is 0 Å². The van der Waals surface area contributed by atoms with Gasteiger partial charge in [-0.2, -0.15) is 5.10 Å². The number of benzene rings is 3. The molecule has 3 aromatic carbocycles. The highest BCUT2D eigenvalue weighted by atomic mass is 32.2. The Morgan fingerprint density at radius 2 is 1.47 bits per heavy atom. The maximum absolute atomic E-state index is 12.5. The topological polar surface area (TPSA) is 115 Å². The van der Waals surface area contributed by atoms with Gasteiger partial charge in [0.05, 0.1) is 32.4 Å². The van der Waals surface area contributed by atoms with Gasteiger partial charge in [-0.25, -0.2) is 13.8 Å². The lowest BCUT2D eigenvalue weighted by atomic mass is 10.2. The maximum atomic E-state index is 12.5. The molecule has 3 rings (SSSR count). The number of hydrazone groups is 1. The standard InChI is InChI=1S/C24H25N3O6S/c1-16-5-11-20(12-6-16)34(29,30)27-19-9-7-18(8-10-19)24(28)26-25-15-17-13-21(31-2)23(33-4)22(14-17)32-3/h5-15,27H,1-4H3,(H,26,28). The highest BCUT2D eigenvalue weighted by Crippen LogP contribution is 2.37. The van der Waals surface area contributed by atoms with Gasteiger partial charge in [0.1, 0.15) is 0 Å². The molecule has 0 unspecified atom stereocenters. The molecule has 1 amide bonds. The van der Waals surface area contributed by atoms with Crippen LogP contribution in [-0.4, -0.2) is 41.9 Å². The van der Waals surface area contributed by atoms with Crippen molar-refractivity contribution in [3.63, 3.8) is 0 Å². The SMILES string of the molecule is COc1cc(C=NNC(=O)c2ccc(NS(=O)(=O)c3ccc(C)cc3)cc2)cc(OC)c1OC. The molecular formula is C24H25N3O6S. The predicted octanol–water partition coefficient (Wildman–Crippen LogP) is 3.59. The second-order valence-electron chi connectivity index (χ2n) is 7.15. The van der Waals surface area contributed by atoms with Crippen LogP contribution in [0.2, 0.25) is 0 Å². The van der Waals surface area contributed by atoms with Crippen LogP contribution in [-0.2, 0) is 10.0 Å². The van der Waals surface area contributed by atoms with Crippen molar-refractivity contribution in [2.24, 2.45) is 5.10 Å². The van der Waals surface area contributed by atoms with Gasteiger partial charge in [-0.1, -0.05) is 17.7 Å². The van der Waals surface area contributed by atoms with Crippen molar-refractivity contribution in [3.8, 4) is 17.2 Å². The van der Waals surface area contributed by atoms with Crippen LogP contribution in [0.15, 0.2) is 70.7 Å². The van der Waals surface area contributed by atoms with Gasteiger partial charge >= 0.3 is 0 Å². The lowest BCUT2D eigenvalue weighted by Crippen LogP contribution is -2.18. The molecule has 0 spiro atoms. The predicted molar refractivity (Wildman–Crippen MR) is 130 cm³/mol. The van der Waals surface area contributed by atoms with E-state index in [1.165, 1.54) is 63.9 Å². The Labute approximate surface area is 198 Å². The summed E-state index contributed by atoms with van der Waals surface area (Å²) in [5.74, 6) is 0.900. The second kappa shape index (κ2) is 10.7. The summed E-state index contributed by atoms with van der Waals surface area (Å²) in [5, 5.41) is 3.96. The maximum Gasteiger partial charge on any atom is 0.271 e. The monoisotopic (exact) mass is 483 g/mol. The fourth-order valence-electron chi connectivity index (χ4n) is 3.03. The van der Waals surface area contributed by atoms with Crippen LogP contribution in [0.1, 0.15) is 21.5 Å². The summed E-state index contributed by atoms with van der Waals surface area (Å²) in [4.78, 5) is 12.6. The number of nitrogens with zero attached hydrogens (tertiary/aromatic N) is 1. The van der Waals surface area contributed by atoms with Gasteiger partial charge in [-0.15, -0.1) is 0 Å². The van der Waals surface area contributed by atoms with Gasteiger partial charge in [0.25, 0.3) is 15.9 Å². The highest BCUT2D eigenvalue weighted by Gasteiger charge is 2.15. The summed E-state index contributed by atoms with van der Waals surface area (Å²) in [7, 11) is 0.788. The third-order valence-electron chi connectivity index (χ3n) is 4.80. The van der Waals surface area contributed by atoms with Crippen LogP contribution < -0.4 is 24.4 Å². The summed E-state index contributed by atoms with van der Waals surface area (Å²) in [6.45, 7) is 1.88. The third-order valence-corrected chi connectivity index (χ3v) is 6.19. The number of ether oxygens (including phenoxy) is 3. The van der Waals surface area contributed by atoms with E-state index in [4.69, 9.17) is 14.2 Å². The summed E-state index contributed by atoms with van der Waals surface area (Å²) in [6.07, 6.45) is 1.44. The molecule has 0 bridgehead atoms. The Morgan fingerprint density at radius 3 is 2.00 bits per heavy atom. The molecule has 2 N–H and O–H groups in total. The Morgan fingerprint density at radius 1 is 0.882 bits per heavy atom. The smallest absolute Gasteiger partial charge is 0.271 e. The van der Waals surface area contributed by atoms with Crippen LogP contribution in [0.3, 0.4) is 0 Å². The van der Waals surface area contributed by atoms with E-state index in [1.54, 1.807) is 24.3 Å². The van der Waals surface area contributed by atoms with Crippen LogP contribution >= 0.6 is 0 Å². The minimum absolute atomic E-state index is 0.154. The van der Waals surface area contributed by atoms with E-state index in [0.717, 1.165) is 5.56 Å². The van der Waals surface area contributed by atoms with E-state index in [-0.39, 0.29) is 4.90 Å². The molecule has 0 atom stereocenters. The first-order valence-corrected chi connectivity index (χ1v) is 11.6. The first-order chi connectivity index (χ1) is 16.3. The van der Waals surface area contributed by atoms with Crippen molar-refractivity contribution < 1.29 is 27.4 Å². The minimum Gasteiger partial charge on any atom is -0.493 e. The van der Waals surface area contributed by atoms with Crippen molar-refractivity contribution in [2.45, 2.75) is 11.8 Å². The van der Waals surface area contributed by atoms with Crippen LogP contribution in [0.4, 0.5) is 5.69 Å². The van der Waals surface area contributed by atoms with Gasteiger partial charge in [0.2, 0.25) is 5.75 Å². The molecule has 0 aromatic heterocycles. The highest BCUT2D eigenvalue weighted by molar-refractivity contribution is 7.92. The summed E-state index contributed by atoms with van der Waals surface area (Å²) >= 11 is 0. The third kappa shape index (κ3) is 5.84. The first-order valence-electron chi connectivity index (χ1n) is 10.1. The quantitative estimate of drug-likeness (QED) is 0.355. The molecular weight excluding hydrogens is 458 g/mol. The largest absolute Gasteiger partial charge is 0.493 e. The molecule has 34 heavy (non-hydrogen) atoms. The fraction of sp³-hybridized carbons (Fsp3) is 0.167. The fourth-order valence-corrected chi connectivity index (χ4v) is 4.09. The number of aryl methyl sites for hydroxylation is 1. The molecule has 0 radical (unpaired) electrons. The van der Waals surface area contributed by atoms with Gasteiger partial charge in [0.15, 0.2) is 11.5 Å². The molecule has 178 valence electrons. The van der Waals surface area contributed by atoms with Gasteiger partial charge < -0.3 is 14.2 Å². The van der Waals surface area contributed by atoms with Crippen LogP contribution in [0, 0.1) is 6.92 Å². The molecule has 10 heteroatoms. The summed E-state index contributed by atoms with van der Waals surface area (Å²) in [6, 6.07) is 15.9. The Hall–Kier alpha value is -4.05. The van der Waals surface area contributed by atoms with Crippen molar-refractivity contribution in [3.05, 3.63) is 77.4 Å². The average molecular weight is 484 g/mol. The lowest BCUT2D eigenvalue weighted by molar-refractivity contribution is 0.0955. The number of amides is 1. The van der Waals surface area contributed by atoms with Crippen LogP contribution in [0.25, 0.3) is 0 Å². The molecule has 0 fully saturated rings. The van der Waals surface area contributed by atoms with Crippen molar-refractivity contribution in [2.75, 3.05) is 26.1 Å². The summed E-state index contributed by atoms with van der Waals surface area (Å²) in [5.41, 5.74) is 4.65. The first kappa shape index (κ1) is 24.6. The van der Waals surface area contributed by atoms with E-state index < -0.39 is 15.9 Å². The number of carbonyl (C=O) groups excluding carboxylic acids is 1. The molecule has 0 aliphatic heterocycles. The number of rotatable bonds is 9. The van der Waals surface area contributed by atoms with E-state index in [9.17, 15) is 13.2 Å². The zero-order chi connectivity index (χ0) is 24.7.